The van der Waals surface area contributed by atoms with Crippen LogP contribution < -0.4 is 10.9 Å². The largest absolute Gasteiger partial charge is 0.384 e. The highest BCUT2D eigenvalue weighted by atomic mass is 32.2. The summed E-state index contributed by atoms with van der Waals surface area (Å²) >= 11 is 0. The van der Waals surface area contributed by atoms with E-state index in [1.165, 1.54) is 12.3 Å². The van der Waals surface area contributed by atoms with Crippen molar-refractivity contribution in [3.63, 3.8) is 0 Å². The third-order valence-electron chi connectivity index (χ3n) is 2.29. The molecule has 2 rings (SSSR count). The van der Waals surface area contributed by atoms with Crippen molar-refractivity contribution in [2.75, 3.05) is 5.73 Å². The van der Waals surface area contributed by atoms with Crippen molar-refractivity contribution in [3.05, 3.63) is 42.6 Å². The quantitative estimate of drug-likeness (QED) is 0.828. The van der Waals surface area contributed by atoms with Gasteiger partial charge in [-0.1, -0.05) is 18.2 Å². The smallest absolute Gasteiger partial charge is 0.238 e. The Labute approximate surface area is 99.1 Å². The van der Waals surface area contributed by atoms with Crippen molar-refractivity contribution in [2.45, 2.75) is 4.90 Å². The van der Waals surface area contributed by atoms with E-state index in [4.69, 9.17) is 10.9 Å². The molecular weight excluding hydrogens is 238 g/mol. The van der Waals surface area contributed by atoms with Crippen LogP contribution in [-0.2, 0) is 10.0 Å². The van der Waals surface area contributed by atoms with Crippen LogP contribution in [0, 0.1) is 0 Å². The van der Waals surface area contributed by atoms with Gasteiger partial charge in [-0.3, -0.25) is 0 Å². The molecule has 0 aliphatic rings. The van der Waals surface area contributed by atoms with Crippen LogP contribution >= 0.6 is 0 Å². The molecule has 2 aromatic rings. The van der Waals surface area contributed by atoms with Gasteiger partial charge in [-0.25, -0.2) is 18.5 Å². The van der Waals surface area contributed by atoms with Crippen LogP contribution in [-0.4, -0.2) is 13.4 Å². The molecule has 0 bridgehead atoms. The van der Waals surface area contributed by atoms with Crippen molar-refractivity contribution in [1.82, 2.24) is 4.98 Å². The first-order valence-corrected chi connectivity index (χ1v) is 6.37. The lowest BCUT2D eigenvalue weighted by Crippen LogP contribution is -2.13. The molecule has 5 nitrogen and oxygen atoms in total. The summed E-state index contributed by atoms with van der Waals surface area (Å²) in [6.07, 6.45) is 1.51. The van der Waals surface area contributed by atoms with E-state index in [1.54, 1.807) is 30.3 Å². The molecular formula is C11H11N3O2S. The molecule has 1 aromatic carbocycles. The standard InChI is InChI=1S/C11H11N3O2S/c12-11-6-5-8(7-14-11)9-3-1-2-4-10(9)17(13,15)16/h1-7H,(H2,12,14)(H2,13,15,16). The third-order valence-corrected chi connectivity index (χ3v) is 3.26. The second kappa shape index (κ2) is 4.15. The molecule has 6 heteroatoms. The number of hydrogen-bond acceptors (Lipinski definition) is 4. The molecule has 0 fully saturated rings. The van der Waals surface area contributed by atoms with Gasteiger partial charge in [0.2, 0.25) is 10.0 Å². The summed E-state index contributed by atoms with van der Waals surface area (Å²) in [5, 5.41) is 5.15. The maximum Gasteiger partial charge on any atom is 0.238 e. The zero-order chi connectivity index (χ0) is 12.5. The molecule has 0 spiro atoms. The maximum atomic E-state index is 11.4. The van der Waals surface area contributed by atoms with Gasteiger partial charge in [-0.05, 0) is 18.2 Å². The number of anilines is 1. The Morgan fingerprint density at radius 2 is 1.76 bits per heavy atom. The van der Waals surface area contributed by atoms with E-state index in [1.807, 2.05) is 0 Å². The number of nitrogens with zero attached hydrogens (tertiary/aromatic N) is 1. The number of aromatic nitrogens is 1. The van der Waals surface area contributed by atoms with Crippen molar-refractivity contribution in [2.24, 2.45) is 5.14 Å². The molecule has 0 aliphatic heterocycles. The fourth-order valence-corrected chi connectivity index (χ4v) is 2.28. The first-order chi connectivity index (χ1) is 7.98. The van der Waals surface area contributed by atoms with Gasteiger partial charge in [-0.15, -0.1) is 0 Å². The van der Waals surface area contributed by atoms with Gasteiger partial charge in [0.15, 0.2) is 0 Å². The van der Waals surface area contributed by atoms with Crippen molar-refractivity contribution in [1.29, 1.82) is 0 Å². The van der Waals surface area contributed by atoms with Crippen LogP contribution in [0.15, 0.2) is 47.5 Å². The second-order valence-electron chi connectivity index (χ2n) is 3.51. The molecule has 0 saturated heterocycles. The summed E-state index contributed by atoms with van der Waals surface area (Å²) in [7, 11) is -3.75. The SMILES string of the molecule is Nc1ccc(-c2ccccc2S(N)(=O)=O)cn1. The predicted octanol–water partition coefficient (Wildman–Crippen LogP) is 0.978. The van der Waals surface area contributed by atoms with Crippen LogP contribution in [0.25, 0.3) is 11.1 Å². The molecule has 1 aromatic heterocycles. The van der Waals surface area contributed by atoms with Gasteiger partial charge in [0.25, 0.3) is 0 Å². The molecule has 17 heavy (non-hydrogen) atoms. The van der Waals surface area contributed by atoms with Crippen LogP contribution in [0.4, 0.5) is 5.82 Å². The first-order valence-electron chi connectivity index (χ1n) is 4.82. The summed E-state index contributed by atoms with van der Waals surface area (Å²) in [6.45, 7) is 0. The minimum Gasteiger partial charge on any atom is -0.384 e. The Bertz CT molecular complexity index is 636. The molecule has 1 heterocycles. The first kappa shape index (κ1) is 11.6. The number of benzene rings is 1. The third kappa shape index (κ3) is 2.43. The molecule has 0 radical (unpaired) electrons. The van der Waals surface area contributed by atoms with Gasteiger partial charge >= 0.3 is 0 Å². The monoisotopic (exact) mass is 249 g/mol. The number of sulfonamides is 1. The average molecular weight is 249 g/mol. The van der Waals surface area contributed by atoms with Gasteiger partial charge in [0.05, 0.1) is 4.90 Å². The highest BCUT2D eigenvalue weighted by Gasteiger charge is 2.14. The van der Waals surface area contributed by atoms with E-state index in [0.29, 0.717) is 16.9 Å². The summed E-state index contributed by atoms with van der Waals surface area (Å²) in [5.41, 5.74) is 6.65. The van der Waals surface area contributed by atoms with E-state index >= 15 is 0 Å². The highest BCUT2D eigenvalue weighted by Crippen LogP contribution is 2.25. The van der Waals surface area contributed by atoms with Crippen molar-refractivity contribution < 1.29 is 8.42 Å². The van der Waals surface area contributed by atoms with Gasteiger partial charge < -0.3 is 5.73 Å². The van der Waals surface area contributed by atoms with E-state index < -0.39 is 10.0 Å². The van der Waals surface area contributed by atoms with Crippen LogP contribution in [0.1, 0.15) is 0 Å². The summed E-state index contributed by atoms with van der Waals surface area (Å²) in [4.78, 5) is 4.00. The summed E-state index contributed by atoms with van der Waals surface area (Å²) in [5.74, 6) is 0.377. The van der Waals surface area contributed by atoms with Gasteiger partial charge in [-0.2, -0.15) is 0 Å². The lowest BCUT2D eigenvalue weighted by Gasteiger charge is -2.07. The molecule has 88 valence electrons. The molecule has 0 amide bonds. The van der Waals surface area contributed by atoms with Gasteiger partial charge in [0, 0.05) is 17.3 Å². The lowest BCUT2D eigenvalue weighted by atomic mass is 10.1. The summed E-state index contributed by atoms with van der Waals surface area (Å²) in [6, 6.07) is 9.80. The Balaban J connectivity index is 2.64. The van der Waals surface area contributed by atoms with E-state index in [0.717, 1.165) is 0 Å². The minimum absolute atomic E-state index is 0.0755. The fraction of sp³-hybridized carbons (Fsp3) is 0. The number of nitrogens with two attached hydrogens (primary N) is 2. The van der Waals surface area contributed by atoms with E-state index in [9.17, 15) is 8.42 Å². The molecule has 0 aliphatic carbocycles. The summed E-state index contributed by atoms with van der Waals surface area (Å²) < 4.78 is 22.9. The normalized spacial score (nSPS) is 11.4. The fourth-order valence-electron chi connectivity index (χ4n) is 1.52. The Morgan fingerprint density at radius 3 is 2.35 bits per heavy atom. The molecule has 4 N–H and O–H groups in total. The zero-order valence-corrected chi connectivity index (χ0v) is 9.68. The number of nitrogen functional groups attached to an aromatic ring is 1. The molecule has 0 atom stereocenters. The Hall–Kier alpha value is -1.92. The Morgan fingerprint density at radius 1 is 1.06 bits per heavy atom. The number of pyridine rings is 1. The van der Waals surface area contributed by atoms with Crippen molar-refractivity contribution >= 4 is 15.8 Å². The number of hydrogen-bond donors (Lipinski definition) is 2. The number of rotatable bonds is 2. The van der Waals surface area contributed by atoms with E-state index in [-0.39, 0.29) is 4.90 Å². The lowest BCUT2D eigenvalue weighted by molar-refractivity contribution is 0.598. The molecule has 0 unspecified atom stereocenters. The minimum atomic E-state index is -3.75. The zero-order valence-electron chi connectivity index (χ0n) is 8.87. The number of primary sulfonamides is 1. The maximum absolute atomic E-state index is 11.4. The van der Waals surface area contributed by atoms with Crippen LogP contribution in [0.5, 0.6) is 0 Å². The van der Waals surface area contributed by atoms with E-state index in [2.05, 4.69) is 4.98 Å². The predicted molar refractivity (Wildman–Crippen MR) is 65.5 cm³/mol. The van der Waals surface area contributed by atoms with Crippen molar-refractivity contribution in [3.8, 4) is 11.1 Å². The topological polar surface area (TPSA) is 99.1 Å². The van der Waals surface area contributed by atoms with Crippen LogP contribution in [0.3, 0.4) is 0 Å². The molecule has 0 saturated carbocycles. The Kier molecular flexibility index (Phi) is 2.83. The van der Waals surface area contributed by atoms with Gasteiger partial charge in [0.1, 0.15) is 5.82 Å². The second-order valence-corrected chi connectivity index (χ2v) is 5.04. The van der Waals surface area contributed by atoms with Crippen LogP contribution in [0.2, 0.25) is 0 Å². The average Bonchev–Trinajstić information content (AvgIpc) is 2.29. The highest BCUT2D eigenvalue weighted by molar-refractivity contribution is 7.89.